The second kappa shape index (κ2) is 10.7. The Labute approximate surface area is 200 Å². The number of halogens is 1. The third-order valence-corrected chi connectivity index (χ3v) is 5.44. The largest absolute Gasteiger partial charge is 0.497 e. The molecule has 166 valence electrons. The number of carbonyl (C=O) groups excluding carboxylic acids is 1. The van der Waals surface area contributed by atoms with Crippen LogP contribution in [0.25, 0.3) is 6.08 Å². The lowest BCUT2D eigenvalue weighted by molar-refractivity contribution is 0.104. The van der Waals surface area contributed by atoms with Crippen LogP contribution in [-0.2, 0) is 13.2 Å². The molecule has 0 saturated carbocycles. The van der Waals surface area contributed by atoms with E-state index in [9.17, 15) is 4.79 Å². The number of nitrogens with zero attached hydrogens (tertiary/aromatic N) is 3. The summed E-state index contributed by atoms with van der Waals surface area (Å²) < 4.78 is 13.8. The molecule has 1 aromatic heterocycles. The predicted octanol–water partition coefficient (Wildman–Crippen LogP) is 5.57. The van der Waals surface area contributed by atoms with Gasteiger partial charge in [-0.1, -0.05) is 51.5 Å². The summed E-state index contributed by atoms with van der Waals surface area (Å²) in [4.78, 5) is 12.3. The number of hydrogen-bond donors (Lipinski definition) is 0. The van der Waals surface area contributed by atoms with Crippen LogP contribution in [0.15, 0.2) is 89.5 Å². The summed E-state index contributed by atoms with van der Waals surface area (Å²) in [6.07, 6.45) is 5.22. The highest BCUT2D eigenvalue weighted by atomic mass is 79.9. The molecule has 0 unspecified atom stereocenters. The molecule has 1 heterocycles. The van der Waals surface area contributed by atoms with Gasteiger partial charge in [0.05, 0.1) is 19.9 Å². The number of benzene rings is 3. The summed E-state index contributed by atoms with van der Waals surface area (Å²) in [6, 6.07) is 22.7. The monoisotopic (exact) mass is 503 g/mol. The minimum atomic E-state index is -0.0656. The number of allylic oxidation sites excluding steroid dienone is 1. The third-order valence-electron chi connectivity index (χ3n) is 4.91. The lowest BCUT2D eigenvalue weighted by Crippen LogP contribution is -2.00. The molecular weight excluding hydrogens is 482 g/mol. The maximum Gasteiger partial charge on any atom is 0.185 e. The van der Waals surface area contributed by atoms with Crippen molar-refractivity contribution in [2.75, 3.05) is 7.11 Å². The zero-order valence-corrected chi connectivity index (χ0v) is 19.6. The van der Waals surface area contributed by atoms with E-state index in [2.05, 4.69) is 26.2 Å². The van der Waals surface area contributed by atoms with Gasteiger partial charge in [-0.05, 0) is 65.7 Å². The smallest absolute Gasteiger partial charge is 0.185 e. The fourth-order valence-electron chi connectivity index (χ4n) is 3.11. The maximum atomic E-state index is 12.3. The molecule has 0 saturated heterocycles. The molecule has 0 bridgehead atoms. The van der Waals surface area contributed by atoms with Gasteiger partial charge in [0.25, 0.3) is 0 Å². The maximum absolute atomic E-state index is 12.3. The Bertz CT molecular complexity index is 1230. The molecule has 0 radical (unpaired) electrons. The van der Waals surface area contributed by atoms with Crippen molar-refractivity contribution in [3.05, 3.63) is 112 Å². The number of hydrogen-bond acceptors (Lipinski definition) is 5. The zero-order chi connectivity index (χ0) is 23.0. The first-order valence-electron chi connectivity index (χ1n) is 10.3. The molecule has 4 aromatic rings. The van der Waals surface area contributed by atoms with Crippen molar-refractivity contribution in [2.45, 2.75) is 13.2 Å². The highest BCUT2D eigenvalue weighted by Crippen LogP contribution is 2.16. The molecule has 0 aliphatic carbocycles. The van der Waals surface area contributed by atoms with Gasteiger partial charge in [-0.25, -0.2) is 4.68 Å². The van der Waals surface area contributed by atoms with E-state index in [1.165, 1.54) is 0 Å². The molecule has 0 amide bonds. The lowest BCUT2D eigenvalue weighted by atomic mass is 10.1. The fraction of sp³-hybridized carbons (Fsp3) is 0.115. The van der Waals surface area contributed by atoms with Crippen LogP contribution in [0.1, 0.15) is 27.2 Å². The Morgan fingerprint density at radius 3 is 2.36 bits per heavy atom. The standard InChI is InChI=1S/C26H22BrN3O3/c1-32-24-13-7-21(8-14-24)26(31)15-6-19-4-11-25(12-5-19)33-18-23-17-30(29-28-23)16-20-2-9-22(27)10-3-20/h2-15,17H,16,18H2,1H3/b15-6+. The van der Waals surface area contributed by atoms with Crippen molar-refractivity contribution in [2.24, 2.45) is 0 Å². The second-order valence-corrected chi connectivity index (χ2v) is 8.23. The van der Waals surface area contributed by atoms with E-state index in [0.717, 1.165) is 32.8 Å². The van der Waals surface area contributed by atoms with Crippen molar-refractivity contribution in [3.63, 3.8) is 0 Å². The van der Waals surface area contributed by atoms with Gasteiger partial charge in [0.2, 0.25) is 0 Å². The lowest BCUT2D eigenvalue weighted by Gasteiger charge is -2.04. The molecule has 0 atom stereocenters. The molecule has 0 aliphatic heterocycles. The van der Waals surface area contributed by atoms with Gasteiger partial charge >= 0.3 is 0 Å². The van der Waals surface area contributed by atoms with Crippen LogP contribution < -0.4 is 9.47 Å². The van der Waals surface area contributed by atoms with Gasteiger partial charge < -0.3 is 9.47 Å². The Hall–Kier alpha value is -3.71. The van der Waals surface area contributed by atoms with Crippen molar-refractivity contribution in [1.82, 2.24) is 15.0 Å². The van der Waals surface area contributed by atoms with Crippen molar-refractivity contribution >= 4 is 27.8 Å². The van der Waals surface area contributed by atoms with E-state index >= 15 is 0 Å². The van der Waals surface area contributed by atoms with E-state index in [-0.39, 0.29) is 5.78 Å². The van der Waals surface area contributed by atoms with Gasteiger partial charge in [0, 0.05) is 10.0 Å². The summed E-state index contributed by atoms with van der Waals surface area (Å²) in [5.74, 6) is 1.37. The topological polar surface area (TPSA) is 66.2 Å². The van der Waals surface area contributed by atoms with Crippen LogP contribution in [0.4, 0.5) is 0 Å². The summed E-state index contributed by atoms with van der Waals surface area (Å²) in [7, 11) is 1.60. The summed E-state index contributed by atoms with van der Waals surface area (Å²) in [5.41, 5.74) is 3.41. The Morgan fingerprint density at radius 2 is 1.67 bits per heavy atom. The molecule has 4 rings (SSSR count). The minimum absolute atomic E-state index is 0.0656. The Morgan fingerprint density at radius 1 is 0.970 bits per heavy atom. The van der Waals surface area contributed by atoms with Crippen molar-refractivity contribution < 1.29 is 14.3 Å². The molecule has 33 heavy (non-hydrogen) atoms. The van der Waals surface area contributed by atoms with E-state index in [4.69, 9.17) is 9.47 Å². The van der Waals surface area contributed by atoms with Crippen LogP contribution in [-0.4, -0.2) is 27.9 Å². The number of ketones is 1. The van der Waals surface area contributed by atoms with Crippen LogP contribution in [0, 0.1) is 0 Å². The first kappa shape index (κ1) is 22.5. The number of carbonyl (C=O) groups is 1. The molecule has 0 spiro atoms. The second-order valence-electron chi connectivity index (χ2n) is 7.32. The van der Waals surface area contributed by atoms with E-state index < -0.39 is 0 Å². The normalized spacial score (nSPS) is 11.0. The summed E-state index contributed by atoms with van der Waals surface area (Å²) >= 11 is 3.44. The van der Waals surface area contributed by atoms with Crippen molar-refractivity contribution in [1.29, 1.82) is 0 Å². The summed E-state index contributed by atoms with van der Waals surface area (Å²) in [5, 5.41) is 8.34. The van der Waals surface area contributed by atoms with Crippen LogP contribution in [0.2, 0.25) is 0 Å². The Balaban J connectivity index is 1.29. The number of aromatic nitrogens is 3. The molecular formula is C26H22BrN3O3. The highest BCUT2D eigenvalue weighted by molar-refractivity contribution is 9.10. The third kappa shape index (κ3) is 6.40. The molecule has 6 nitrogen and oxygen atoms in total. The quantitative estimate of drug-likeness (QED) is 0.220. The van der Waals surface area contributed by atoms with E-state index in [0.29, 0.717) is 18.7 Å². The average molecular weight is 504 g/mol. The van der Waals surface area contributed by atoms with Gasteiger partial charge in [0.1, 0.15) is 23.8 Å². The van der Waals surface area contributed by atoms with Gasteiger partial charge in [-0.3, -0.25) is 4.79 Å². The molecule has 0 fully saturated rings. The fourth-order valence-corrected chi connectivity index (χ4v) is 3.38. The van der Waals surface area contributed by atoms with Gasteiger partial charge in [-0.2, -0.15) is 0 Å². The SMILES string of the molecule is COc1ccc(C(=O)/C=C/c2ccc(OCc3cn(Cc4ccc(Br)cc4)nn3)cc2)cc1. The van der Waals surface area contributed by atoms with Gasteiger partial charge in [0.15, 0.2) is 5.78 Å². The molecule has 0 aliphatic rings. The number of rotatable bonds is 9. The minimum Gasteiger partial charge on any atom is -0.497 e. The summed E-state index contributed by atoms with van der Waals surface area (Å²) in [6.45, 7) is 0.974. The first-order chi connectivity index (χ1) is 16.1. The number of methoxy groups -OCH3 is 1. The van der Waals surface area contributed by atoms with Crippen LogP contribution in [0.3, 0.4) is 0 Å². The van der Waals surface area contributed by atoms with Crippen molar-refractivity contribution in [3.8, 4) is 11.5 Å². The first-order valence-corrected chi connectivity index (χ1v) is 11.1. The average Bonchev–Trinajstić information content (AvgIpc) is 3.30. The molecule has 0 N–H and O–H groups in total. The Kier molecular flexibility index (Phi) is 7.32. The number of ether oxygens (including phenoxy) is 2. The zero-order valence-electron chi connectivity index (χ0n) is 18.0. The molecule has 3 aromatic carbocycles. The predicted molar refractivity (Wildman–Crippen MR) is 130 cm³/mol. The van der Waals surface area contributed by atoms with E-state index in [1.54, 1.807) is 48.2 Å². The van der Waals surface area contributed by atoms with Gasteiger partial charge in [-0.15, -0.1) is 5.10 Å². The molecule has 7 heteroatoms. The highest BCUT2D eigenvalue weighted by Gasteiger charge is 2.04. The van der Waals surface area contributed by atoms with Crippen LogP contribution >= 0.6 is 15.9 Å². The van der Waals surface area contributed by atoms with E-state index in [1.807, 2.05) is 54.7 Å². The van der Waals surface area contributed by atoms with Crippen LogP contribution in [0.5, 0.6) is 11.5 Å².